The summed E-state index contributed by atoms with van der Waals surface area (Å²) in [5, 5.41) is 16.6. The molecular formula is C23H19N3O4. The fourth-order valence-electron chi connectivity index (χ4n) is 2.92. The van der Waals surface area contributed by atoms with Crippen LogP contribution in [0.2, 0.25) is 0 Å². The first-order valence-electron chi connectivity index (χ1n) is 9.21. The molecule has 0 atom stereocenters. The predicted molar refractivity (Wildman–Crippen MR) is 113 cm³/mol. The van der Waals surface area contributed by atoms with E-state index >= 15 is 0 Å². The maximum absolute atomic E-state index is 12.6. The van der Waals surface area contributed by atoms with Crippen molar-refractivity contribution in [2.75, 3.05) is 14.2 Å². The normalized spacial score (nSPS) is 11.3. The van der Waals surface area contributed by atoms with Crippen molar-refractivity contribution >= 4 is 11.9 Å². The van der Waals surface area contributed by atoms with Crippen LogP contribution >= 0.6 is 0 Å². The number of nitrogens with zero attached hydrogens (tertiary/aromatic N) is 3. The van der Waals surface area contributed by atoms with Gasteiger partial charge in [-0.05, 0) is 24.3 Å². The topological polar surface area (TPSA) is 83.5 Å². The van der Waals surface area contributed by atoms with Crippen molar-refractivity contribution < 1.29 is 18.7 Å². The average molecular weight is 401 g/mol. The molecule has 0 N–H and O–H groups in total. The Balaban J connectivity index is 1.57. The van der Waals surface area contributed by atoms with Gasteiger partial charge in [-0.15, -0.1) is 0 Å². The summed E-state index contributed by atoms with van der Waals surface area (Å²) in [7, 11) is 3.12. The molecule has 1 heterocycles. The van der Waals surface area contributed by atoms with E-state index < -0.39 is 0 Å². The molecule has 3 aromatic carbocycles. The fraction of sp³-hybridized carbons (Fsp3) is 0.0870. The maximum Gasteiger partial charge on any atom is 0.258 e. The second-order valence-corrected chi connectivity index (χ2v) is 6.40. The summed E-state index contributed by atoms with van der Waals surface area (Å²) in [5.74, 6) is 2.10. The summed E-state index contributed by atoms with van der Waals surface area (Å²) in [4.78, 5) is 4.43. The summed E-state index contributed by atoms with van der Waals surface area (Å²) in [6.07, 6.45) is 1.45. The van der Waals surface area contributed by atoms with Gasteiger partial charge in [-0.1, -0.05) is 35.5 Å². The van der Waals surface area contributed by atoms with Gasteiger partial charge in [0.25, 0.3) is 5.89 Å². The molecule has 7 heteroatoms. The van der Waals surface area contributed by atoms with Crippen LogP contribution in [0.5, 0.6) is 11.5 Å². The Morgan fingerprint density at radius 3 is 2.37 bits per heavy atom. The van der Waals surface area contributed by atoms with Crippen LogP contribution in [0.3, 0.4) is 0 Å². The number of rotatable bonds is 6. The molecule has 30 heavy (non-hydrogen) atoms. The molecule has 0 spiro atoms. The summed E-state index contributed by atoms with van der Waals surface area (Å²) < 4.78 is 16.7. The standard InChI is InChI=1S/C23H19N3O4/c1-28-20-13-10-18(21(14-20)29-2)15-26(27)19-11-8-17(9-12-19)23-24-22(25-30-23)16-6-4-3-5-7-16/h3-15H,1-2H3/b26-15-. The van der Waals surface area contributed by atoms with Crippen LogP contribution in [0.1, 0.15) is 5.56 Å². The van der Waals surface area contributed by atoms with Crippen molar-refractivity contribution in [3.05, 3.63) is 83.6 Å². The summed E-state index contributed by atoms with van der Waals surface area (Å²) in [6, 6.07) is 21.8. The largest absolute Gasteiger partial charge is 0.618 e. The van der Waals surface area contributed by atoms with Gasteiger partial charge < -0.3 is 19.2 Å². The zero-order valence-corrected chi connectivity index (χ0v) is 16.5. The van der Waals surface area contributed by atoms with Crippen molar-refractivity contribution in [2.45, 2.75) is 0 Å². The van der Waals surface area contributed by atoms with Crippen LogP contribution in [0.25, 0.3) is 22.8 Å². The van der Waals surface area contributed by atoms with Gasteiger partial charge in [-0.3, -0.25) is 0 Å². The zero-order chi connectivity index (χ0) is 20.9. The lowest BCUT2D eigenvalue weighted by atomic mass is 10.2. The molecule has 7 nitrogen and oxygen atoms in total. The second kappa shape index (κ2) is 8.48. The van der Waals surface area contributed by atoms with Gasteiger partial charge in [0.1, 0.15) is 11.5 Å². The van der Waals surface area contributed by atoms with E-state index in [0.717, 1.165) is 15.9 Å². The van der Waals surface area contributed by atoms with Crippen molar-refractivity contribution in [3.63, 3.8) is 0 Å². The molecule has 0 aliphatic heterocycles. The lowest BCUT2D eigenvalue weighted by molar-refractivity contribution is -0.354. The summed E-state index contributed by atoms with van der Waals surface area (Å²) >= 11 is 0. The molecule has 0 fully saturated rings. The van der Waals surface area contributed by atoms with Crippen LogP contribution in [0, 0.1) is 5.21 Å². The third-order valence-corrected chi connectivity index (χ3v) is 4.52. The van der Waals surface area contributed by atoms with Crippen LogP contribution in [0.4, 0.5) is 5.69 Å². The summed E-state index contributed by atoms with van der Waals surface area (Å²) in [5.41, 5.74) is 2.70. The monoisotopic (exact) mass is 401 g/mol. The van der Waals surface area contributed by atoms with Gasteiger partial charge >= 0.3 is 0 Å². The highest BCUT2D eigenvalue weighted by atomic mass is 16.5. The van der Waals surface area contributed by atoms with E-state index in [0.29, 0.717) is 34.5 Å². The van der Waals surface area contributed by atoms with Crippen molar-refractivity contribution in [3.8, 4) is 34.3 Å². The molecule has 0 saturated carbocycles. The minimum Gasteiger partial charge on any atom is -0.618 e. The third kappa shape index (κ3) is 4.00. The van der Waals surface area contributed by atoms with Gasteiger partial charge in [-0.2, -0.15) is 9.72 Å². The first-order chi connectivity index (χ1) is 14.7. The van der Waals surface area contributed by atoms with E-state index in [4.69, 9.17) is 14.0 Å². The first kappa shape index (κ1) is 19.2. The zero-order valence-electron chi connectivity index (χ0n) is 16.5. The minimum absolute atomic E-state index is 0.388. The van der Waals surface area contributed by atoms with Gasteiger partial charge in [0.05, 0.1) is 19.8 Å². The highest BCUT2D eigenvalue weighted by Gasteiger charge is 2.12. The number of methoxy groups -OCH3 is 2. The Morgan fingerprint density at radius 2 is 1.67 bits per heavy atom. The number of ether oxygens (including phenoxy) is 2. The number of hydrogen-bond acceptors (Lipinski definition) is 6. The van der Waals surface area contributed by atoms with Crippen molar-refractivity contribution in [1.29, 1.82) is 0 Å². The summed E-state index contributed by atoms with van der Waals surface area (Å²) in [6.45, 7) is 0. The molecular weight excluding hydrogens is 382 g/mol. The molecule has 0 unspecified atom stereocenters. The molecule has 0 saturated heterocycles. The third-order valence-electron chi connectivity index (χ3n) is 4.52. The van der Waals surface area contributed by atoms with E-state index in [1.807, 2.05) is 30.3 Å². The van der Waals surface area contributed by atoms with E-state index in [2.05, 4.69) is 10.1 Å². The van der Waals surface area contributed by atoms with Gasteiger partial charge in [-0.25, -0.2) is 0 Å². The Bertz CT molecular complexity index is 1170. The van der Waals surface area contributed by atoms with Crippen molar-refractivity contribution in [1.82, 2.24) is 10.1 Å². The van der Waals surface area contributed by atoms with Gasteiger partial charge in [0, 0.05) is 29.3 Å². The van der Waals surface area contributed by atoms with Crippen molar-refractivity contribution in [2.24, 2.45) is 0 Å². The Labute approximate surface area is 173 Å². The SMILES string of the molecule is COc1ccc(/C=[N+](\[O-])c2ccc(-c3nc(-c4ccccc4)no3)cc2)c(OC)c1. The lowest BCUT2D eigenvalue weighted by Crippen LogP contribution is -2.01. The van der Waals surface area contributed by atoms with E-state index in [1.165, 1.54) is 6.21 Å². The highest BCUT2D eigenvalue weighted by Crippen LogP contribution is 2.26. The quantitative estimate of drug-likeness (QED) is 0.202. The number of hydrogen-bond donors (Lipinski definition) is 0. The molecule has 150 valence electrons. The van der Waals surface area contributed by atoms with E-state index in [1.54, 1.807) is 56.7 Å². The first-order valence-corrected chi connectivity index (χ1v) is 9.21. The Kier molecular flexibility index (Phi) is 5.43. The Morgan fingerprint density at radius 1 is 0.900 bits per heavy atom. The Hall–Kier alpha value is -4.13. The molecule has 4 aromatic rings. The van der Waals surface area contributed by atoms with Gasteiger partial charge in [0.2, 0.25) is 11.5 Å². The van der Waals surface area contributed by atoms with Gasteiger partial charge in [0.15, 0.2) is 6.21 Å². The van der Waals surface area contributed by atoms with Crippen LogP contribution in [0.15, 0.2) is 77.3 Å². The highest BCUT2D eigenvalue weighted by molar-refractivity contribution is 5.81. The molecule has 0 bridgehead atoms. The second-order valence-electron chi connectivity index (χ2n) is 6.40. The number of benzene rings is 3. The fourth-order valence-corrected chi connectivity index (χ4v) is 2.92. The van der Waals surface area contributed by atoms with E-state index in [9.17, 15) is 5.21 Å². The van der Waals surface area contributed by atoms with Crippen LogP contribution < -0.4 is 9.47 Å². The lowest BCUT2D eigenvalue weighted by Gasteiger charge is -2.08. The molecule has 0 aliphatic carbocycles. The van der Waals surface area contributed by atoms with Crippen LogP contribution in [-0.4, -0.2) is 35.3 Å². The molecule has 1 aromatic heterocycles. The molecule has 0 radical (unpaired) electrons. The molecule has 4 rings (SSSR count). The predicted octanol–water partition coefficient (Wildman–Crippen LogP) is 4.68. The average Bonchev–Trinajstić information content (AvgIpc) is 3.30. The van der Waals surface area contributed by atoms with E-state index in [-0.39, 0.29) is 0 Å². The van der Waals surface area contributed by atoms with Crippen LogP contribution in [-0.2, 0) is 0 Å². The number of aromatic nitrogens is 2. The molecule has 0 aliphatic rings. The maximum atomic E-state index is 12.6. The minimum atomic E-state index is 0.388. The molecule has 0 amide bonds. The smallest absolute Gasteiger partial charge is 0.258 e.